The molecule has 5 heteroatoms. The largest absolute Gasteiger partial charge is 0.468 e. The first-order valence-electron chi connectivity index (χ1n) is 10.4. The Morgan fingerprint density at radius 2 is 1.76 bits per heavy atom. The van der Waals surface area contributed by atoms with Crippen molar-refractivity contribution in [3.8, 4) is 0 Å². The summed E-state index contributed by atoms with van der Waals surface area (Å²) in [6.07, 6.45) is 3.60. The summed E-state index contributed by atoms with van der Waals surface area (Å²) in [4.78, 5) is 14.3. The molecule has 158 valence electrons. The van der Waals surface area contributed by atoms with Crippen LogP contribution in [0.3, 0.4) is 0 Å². The molecule has 0 heterocycles. The van der Waals surface area contributed by atoms with Crippen LogP contribution in [0, 0.1) is 0 Å². The third kappa shape index (κ3) is 7.61. The minimum atomic E-state index is -0.317. The van der Waals surface area contributed by atoms with Crippen molar-refractivity contribution in [2.24, 2.45) is 5.73 Å². The molecule has 0 bridgehead atoms. The van der Waals surface area contributed by atoms with Crippen LogP contribution in [0.15, 0.2) is 54.6 Å². The Bertz CT molecular complexity index is 721. The van der Waals surface area contributed by atoms with Gasteiger partial charge in [0.2, 0.25) is 0 Å². The number of carbonyl (C=O) groups excluding carboxylic acids is 1. The second-order valence-corrected chi connectivity index (χ2v) is 7.19. The van der Waals surface area contributed by atoms with E-state index in [4.69, 9.17) is 15.2 Å². The molecule has 5 nitrogen and oxygen atoms in total. The number of ether oxygens (including phenoxy) is 2. The molecule has 2 aromatic carbocycles. The van der Waals surface area contributed by atoms with Crippen molar-refractivity contribution >= 4 is 5.97 Å². The molecule has 1 atom stereocenters. The second-order valence-electron chi connectivity index (χ2n) is 7.19. The zero-order valence-corrected chi connectivity index (χ0v) is 17.7. The first-order valence-corrected chi connectivity index (χ1v) is 10.4. The lowest BCUT2D eigenvalue weighted by molar-refractivity contribution is -0.150. The van der Waals surface area contributed by atoms with Gasteiger partial charge >= 0.3 is 5.97 Å². The number of unbranched alkanes of at least 4 members (excludes halogenated alkanes) is 1. The number of esters is 1. The van der Waals surface area contributed by atoms with Crippen LogP contribution in [0.1, 0.15) is 42.9 Å². The number of methoxy groups -OCH3 is 1. The van der Waals surface area contributed by atoms with E-state index in [1.807, 2.05) is 17.0 Å². The maximum atomic E-state index is 12.3. The van der Waals surface area contributed by atoms with Gasteiger partial charge in [-0.25, -0.2) is 0 Å². The molecule has 0 unspecified atom stereocenters. The lowest BCUT2D eigenvalue weighted by atomic mass is 10.0. The number of hydrogen-bond donors (Lipinski definition) is 1. The molecular weight excluding hydrogens is 364 g/mol. The molecule has 2 N–H and O–H groups in total. The predicted molar refractivity (Wildman–Crippen MR) is 116 cm³/mol. The monoisotopic (exact) mass is 398 g/mol. The number of nitrogens with two attached hydrogens (primary N) is 1. The number of carbonyl (C=O) groups is 1. The quantitative estimate of drug-likeness (QED) is 0.411. The van der Waals surface area contributed by atoms with Crippen molar-refractivity contribution < 1.29 is 14.3 Å². The van der Waals surface area contributed by atoms with Gasteiger partial charge in [0.25, 0.3) is 0 Å². The Labute approximate surface area is 174 Å². The van der Waals surface area contributed by atoms with Gasteiger partial charge in [-0.2, -0.15) is 0 Å². The summed E-state index contributed by atoms with van der Waals surface area (Å²) < 4.78 is 11.0. The minimum absolute atomic E-state index is 0.222. The van der Waals surface area contributed by atoms with Crippen molar-refractivity contribution in [2.45, 2.75) is 45.3 Å². The smallest absolute Gasteiger partial charge is 0.323 e. The van der Waals surface area contributed by atoms with Crippen molar-refractivity contribution in [3.05, 3.63) is 71.3 Å². The molecule has 0 fully saturated rings. The van der Waals surface area contributed by atoms with Gasteiger partial charge in [0, 0.05) is 13.1 Å². The minimum Gasteiger partial charge on any atom is -0.468 e. The zero-order valence-electron chi connectivity index (χ0n) is 17.7. The van der Waals surface area contributed by atoms with Crippen LogP contribution < -0.4 is 5.73 Å². The van der Waals surface area contributed by atoms with Gasteiger partial charge in [0.15, 0.2) is 0 Å². The third-order valence-electron chi connectivity index (χ3n) is 5.03. The van der Waals surface area contributed by atoms with E-state index in [-0.39, 0.29) is 12.0 Å². The van der Waals surface area contributed by atoms with E-state index >= 15 is 0 Å². The van der Waals surface area contributed by atoms with Crippen molar-refractivity contribution in [1.82, 2.24) is 4.90 Å². The molecule has 29 heavy (non-hydrogen) atoms. The van der Waals surface area contributed by atoms with E-state index in [1.54, 1.807) is 0 Å². The molecule has 0 saturated heterocycles. The first kappa shape index (κ1) is 23.1. The normalized spacial score (nSPS) is 12.1. The highest BCUT2D eigenvalue weighted by Crippen LogP contribution is 2.16. The van der Waals surface area contributed by atoms with Gasteiger partial charge in [-0.15, -0.1) is 0 Å². The van der Waals surface area contributed by atoms with Crippen LogP contribution in [0.25, 0.3) is 0 Å². The van der Waals surface area contributed by atoms with Crippen LogP contribution in [-0.4, -0.2) is 43.8 Å². The predicted octanol–water partition coefficient (Wildman–Crippen LogP) is 3.74. The van der Waals surface area contributed by atoms with E-state index < -0.39 is 0 Å². The van der Waals surface area contributed by atoms with Crippen LogP contribution in [0.4, 0.5) is 0 Å². The highest BCUT2D eigenvalue weighted by molar-refractivity contribution is 5.75. The number of nitrogens with zero attached hydrogens (tertiary/aromatic N) is 1. The molecular formula is C24H34N2O3. The molecule has 2 rings (SSSR count). The standard InChI is InChI=1S/C24H34N2O3/c1-3-4-14-23(24(27)28-2)26(16-15-25)19-29-18-22-13-9-8-12-21(22)17-20-10-6-5-7-11-20/h5-13,23H,3-4,14-19,25H2,1-2H3/t23-/m1/s1. The molecule has 2 aromatic rings. The molecule has 0 aliphatic rings. The summed E-state index contributed by atoms with van der Waals surface area (Å²) in [6.45, 7) is 4.01. The average Bonchev–Trinajstić information content (AvgIpc) is 2.75. The Hall–Kier alpha value is -2.21. The topological polar surface area (TPSA) is 64.8 Å². The lowest BCUT2D eigenvalue weighted by Gasteiger charge is -2.29. The second kappa shape index (κ2) is 13.1. The molecule has 0 aliphatic carbocycles. The fraction of sp³-hybridized carbons (Fsp3) is 0.458. The lowest BCUT2D eigenvalue weighted by Crippen LogP contribution is -2.45. The van der Waals surface area contributed by atoms with Gasteiger partial charge in [-0.1, -0.05) is 74.4 Å². The van der Waals surface area contributed by atoms with Gasteiger partial charge in [-0.05, 0) is 29.5 Å². The van der Waals surface area contributed by atoms with E-state index in [9.17, 15) is 4.79 Å². The van der Waals surface area contributed by atoms with Gasteiger partial charge < -0.3 is 15.2 Å². The molecule has 0 saturated carbocycles. The van der Waals surface area contributed by atoms with E-state index in [2.05, 4.69) is 49.4 Å². The maximum Gasteiger partial charge on any atom is 0.323 e. The first-order chi connectivity index (χ1) is 14.2. The van der Waals surface area contributed by atoms with Crippen LogP contribution in [-0.2, 0) is 27.3 Å². The highest BCUT2D eigenvalue weighted by atomic mass is 16.5. The number of hydrogen-bond acceptors (Lipinski definition) is 5. The third-order valence-corrected chi connectivity index (χ3v) is 5.03. The fourth-order valence-corrected chi connectivity index (χ4v) is 3.42. The molecule has 0 spiro atoms. The van der Waals surface area contributed by atoms with Crippen molar-refractivity contribution in [2.75, 3.05) is 26.9 Å². The van der Waals surface area contributed by atoms with Gasteiger partial charge in [0.1, 0.15) is 12.8 Å². The maximum absolute atomic E-state index is 12.3. The molecule has 0 aromatic heterocycles. The summed E-state index contributed by atoms with van der Waals surface area (Å²) >= 11 is 0. The SMILES string of the molecule is CCCC[C@H](C(=O)OC)N(CCN)COCc1ccccc1Cc1ccccc1. The Morgan fingerprint density at radius 1 is 1.07 bits per heavy atom. The summed E-state index contributed by atoms with van der Waals surface area (Å²) in [7, 11) is 1.43. The molecule has 0 amide bonds. The Morgan fingerprint density at radius 3 is 2.41 bits per heavy atom. The van der Waals surface area contributed by atoms with E-state index in [1.165, 1.54) is 18.2 Å². The fourth-order valence-electron chi connectivity index (χ4n) is 3.42. The van der Waals surface area contributed by atoms with Gasteiger partial charge in [0.05, 0.1) is 13.7 Å². The Balaban J connectivity index is 2.01. The molecule has 0 radical (unpaired) electrons. The summed E-state index contributed by atoms with van der Waals surface area (Å²) in [6, 6.07) is 18.4. The van der Waals surface area contributed by atoms with Crippen LogP contribution in [0.2, 0.25) is 0 Å². The average molecular weight is 399 g/mol. The number of rotatable bonds is 13. The van der Waals surface area contributed by atoms with Crippen LogP contribution >= 0.6 is 0 Å². The van der Waals surface area contributed by atoms with E-state index in [0.717, 1.165) is 31.2 Å². The number of benzene rings is 2. The van der Waals surface area contributed by atoms with E-state index in [0.29, 0.717) is 26.4 Å². The summed E-state index contributed by atoms with van der Waals surface area (Å²) in [5.74, 6) is -0.222. The highest BCUT2D eigenvalue weighted by Gasteiger charge is 2.26. The Kier molecular flexibility index (Phi) is 10.4. The van der Waals surface area contributed by atoms with Crippen molar-refractivity contribution in [1.29, 1.82) is 0 Å². The summed E-state index contributed by atoms with van der Waals surface area (Å²) in [5.41, 5.74) is 9.46. The molecule has 0 aliphatic heterocycles. The zero-order chi connectivity index (χ0) is 20.9. The summed E-state index contributed by atoms with van der Waals surface area (Å²) in [5, 5.41) is 0. The van der Waals surface area contributed by atoms with Crippen molar-refractivity contribution in [3.63, 3.8) is 0 Å². The van der Waals surface area contributed by atoms with Gasteiger partial charge in [-0.3, -0.25) is 9.69 Å². The van der Waals surface area contributed by atoms with Crippen LogP contribution in [0.5, 0.6) is 0 Å².